The minimum Gasteiger partial charge on any atom is -0.332 e. The smallest absolute Gasteiger partial charge is 0.332 e. The molecule has 1 N–H and O–H groups in total. The van der Waals surface area contributed by atoms with Gasteiger partial charge < -0.3 is 5.32 Å². The molecule has 124 valence electrons. The second kappa shape index (κ2) is 6.16. The van der Waals surface area contributed by atoms with Gasteiger partial charge in [0.25, 0.3) is 0 Å². The minimum atomic E-state index is -0.308. The van der Waals surface area contributed by atoms with Crippen molar-refractivity contribution in [1.29, 1.82) is 0 Å². The summed E-state index contributed by atoms with van der Waals surface area (Å²) in [4.78, 5) is 21.9. The summed E-state index contributed by atoms with van der Waals surface area (Å²) in [5.74, 6) is 0. The molecule has 0 aliphatic rings. The molecule has 0 unspecified atom stereocenters. The Balaban J connectivity index is 1.88. The summed E-state index contributed by atoms with van der Waals surface area (Å²) in [5, 5.41) is 8.17. The number of thiazole rings is 1. The summed E-state index contributed by atoms with van der Waals surface area (Å²) in [6.45, 7) is 7.74. The first-order valence-electron chi connectivity index (χ1n) is 7.60. The number of nitrogens with zero attached hydrogens (tertiary/aromatic N) is 4. The molecule has 3 rings (SSSR count). The maximum Gasteiger partial charge on any atom is 0.342 e. The third-order valence-corrected chi connectivity index (χ3v) is 4.45. The zero-order valence-electron chi connectivity index (χ0n) is 14.1. The van der Waals surface area contributed by atoms with Crippen molar-refractivity contribution in [2.45, 2.75) is 33.2 Å². The van der Waals surface area contributed by atoms with Crippen molar-refractivity contribution >= 4 is 17.4 Å². The Morgan fingerprint density at radius 1 is 1.29 bits per heavy atom. The first-order valence-corrected chi connectivity index (χ1v) is 8.41. The lowest BCUT2D eigenvalue weighted by Crippen LogP contribution is -2.43. The van der Waals surface area contributed by atoms with E-state index in [0.29, 0.717) is 0 Å². The SMILES string of the molecule is Cc1nc(-c2cccnc2)sc1-c1ccn(C(=O)NC(C)(C)C)n1. The highest BCUT2D eigenvalue weighted by Crippen LogP contribution is 2.33. The molecule has 0 fully saturated rings. The van der Waals surface area contributed by atoms with Crippen LogP contribution in [0.15, 0.2) is 36.8 Å². The third kappa shape index (κ3) is 3.51. The van der Waals surface area contributed by atoms with Gasteiger partial charge in [-0.25, -0.2) is 9.78 Å². The Bertz CT molecular complexity index is 861. The third-order valence-electron chi connectivity index (χ3n) is 3.22. The molecule has 0 aromatic carbocycles. The van der Waals surface area contributed by atoms with Crippen molar-refractivity contribution in [3.63, 3.8) is 0 Å². The fourth-order valence-electron chi connectivity index (χ4n) is 2.18. The molecule has 3 heterocycles. The van der Waals surface area contributed by atoms with Gasteiger partial charge in [-0.3, -0.25) is 4.98 Å². The van der Waals surface area contributed by atoms with Crippen molar-refractivity contribution in [1.82, 2.24) is 25.1 Å². The van der Waals surface area contributed by atoms with E-state index in [2.05, 4.69) is 20.4 Å². The average Bonchev–Trinajstić information content (AvgIpc) is 3.13. The molecule has 0 aliphatic carbocycles. The van der Waals surface area contributed by atoms with Gasteiger partial charge >= 0.3 is 6.03 Å². The number of aryl methyl sites for hydroxylation is 1. The molecule has 1 amide bonds. The number of hydrogen-bond acceptors (Lipinski definition) is 5. The van der Waals surface area contributed by atoms with Crippen molar-refractivity contribution in [3.05, 3.63) is 42.5 Å². The summed E-state index contributed by atoms with van der Waals surface area (Å²) >= 11 is 1.55. The molecule has 0 saturated carbocycles. The molecule has 0 saturated heterocycles. The molecular formula is C17H19N5OS. The van der Waals surface area contributed by atoms with Crippen molar-refractivity contribution in [2.24, 2.45) is 0 Å². The Kier molecular flexibility index (Phi) is 4.19. The number of amides is 1. The summed E-state index contributed by atoms with van der Waals surface area (Å²) in [7, 11) is 0. The Morgan fingerprint density at radius 3 is 2.75 bits per heavy atom. The molecule has 0 bridgehead atoms. The van der Waals surface area contributed by atoms with E-state index in [1.807, 2.05) is 45.9 Å². The highest BCUT2D eigenvalue weighted by molar-refractivity contribution is 7.18. The lowest BCUT2D eigenvalue weighted by molar-refractivity contribution is 0.230. The van der Waals surface area contributed by atoms with Crippen LogP contribution < -0.4 is 5.32 Å². The predicted octanol–water partition coefficient (Wildman–Crippen LogP) is 3.73. The molecule has 0 radical (unpaired) electrons. The summed E-state index contributed by atoms with van der Waals surface area (Å²) < 4.78 is 1.32. The number of carbonyl (C=O) groups is 1. The second-order valence-corrected chi connectivity index (χ2v) is 7.50. The second-order valence-electron chi connectivity index (χ2n) is 6.50. The standard InChI is InChI=1S/C17H19N5OS/c1-11-14(24-15(19-11)12-6-5-8-18-10-12)13-7-9-22(21-13)16(23)20-17(2,3)4/h5-10H,1-4H3,(H,20,23). The van der Waals surface area contributed by atoms with Crippen molar-refractivity contribution < 1.29 is 4.79 Å². The minimum absolute atomic E-state index is 0.247. The summed E-state index contributed by atoms with van der Waals surface area (Å²) in [6.07, 6.45) is 5.19. The lowest BCUT2D eigenvalue weighted by Gasteiger charge is -2.19. The predicted molar refractivity (Wildman–Crippen MR) is 95.0 cm³/mol. The highest BCUT2D eigenvalue weighted by atomic mass is 32.1. The van der Waals surface area contributed by atoms with Crippen molar-refractivity contribution in [3.8, 4) is 21.1 Å². The van der Waals surface area contributed by atoms with Gasteiger partial charge in [0, 0.05) is 29.7 Å². The van der Waals surface area contributed by atoms with Gasteiger partial charge in [-0.1, -0.05) is 0 Å². The van der Waals surface area contributed by atoms with Crippen LogP contribution in [0.3, 0.4) is 0 Å². The van der Waals surface area contributed by atoms with E-state index >= 15 is 0 Å². The molecule has 3 aromatic heterocycles. The highest BCUT2D eigenvalue weighted by Gasteiger charge is 2.18. The number of hydrogen-bond donors (Lipinski definition) is 1. The number of pyridine rings is 1. The molecular weight excluding hydrogens is 322 g/mol. The quantitative estimate of drug-likeness (QED) is 0.771. The van der Waals surface area contributed by atoms with Crippen LogP contribution in [-0.2, 0) is 0 Å². The maximum atomic E-state index is 12.2. The molecule has 0 spiro atoms. The van der Waals surface area contributed by atoms with E-state index in [-0.39, 0.29) is 11.6 Å². The van der Waals surface area contributed by atoms with Gasteiger partial charge in [-0.2, -0.15) is 9.78 Å². The first-order chi connectivity index (χ1) is 11.3. The maximum absolute atomic E-state index is 12.2. The van der Waals surface area contributed by atoms with Crippen LogP contribution in [0.25, 0.3) is 21.1 Å². The van der Waals surface area contributed by atoms with E-state index in [0.717, 1.165) is 26.8 Å². The zero-order valence-corrected chi connectivity index (χ0v) is 14.9. The number of carbonyl (C=O) groups excluding carboxylic acids is 1. The number of aromatic nitrogens is 4. The largest absolute Gasteiger partial charge is 0.342 e. The zero-order chi connectivity index (χ0) is 17.3. The average molecular weight is 341 g/mol. The van der Waals surface area contributed by atoms with Crippen LogP contribution >= 0.6 is 11.3 Å². The summed E-state index contributed by atoms with van der Waals surface area (Å²) in [5.41, 5.74) is 2.29. The van der Waals surface area contributed by atoms with Crippen LogP contribution in [0.1, 0.15) is 26.5 Å². The van der Waals surface area contributed by atoms with Crippen LogP contribution in [0.5, 0.6) is 0 Å². The lowest BCUT2D eigenvalue weighted by atomic mass is 10.1. The molecule has 0 aliphatic heterocycles. The normalized spacial score (nSPS) is 11.5. The Labute approximate surface area is 144 Å². The summed E-state index contributed by atoms with van der Waals surface area (Å²) in [6, 6.07) is 5.45. The van der Waals surface area contributed by atoms with Gasteiger partial charge in [-0.05, 0) is 45.9 Å². The fraction of sp³-hybridized carbons (Fsp3) is 0.294. The molecule has 6 nitrogen and oxygen atoms in total. The Morgan fingerprint density at radius 2 is 2.08 bits per heavy atom. The van der Waals surface area contributed by atoms with Gasteiger partial charge in [0.15, 0.2) is 0 Å². The van der Waals surface area contributed by atoms with E-state index in [4.69, 9.17) is 0 Å². The number of rotatable bonds is 2. The van der Waals surface area contributed by atoms with Crippen molar-refractivity contribution in [2.75, 3.05) is 0 Å². The van der Waals surface area contributed by atoms with Gasteiger partial charge in [0.2, 0.25) is 0 Å². The van der Waals surface area contributed by atoms with E-state index in [9.17, 15) is 4.79 Å². The van der Waals surface area contributed by atoms with Crippen LogP contribution in [-0.4, -0.2) is 31.3 Å². The van der Waals surface area contributed by atoms with Gasteiger partial charge in [-0.15, -0.1) is 11.3 Å². The van der Waals surface area contributed by atoms with Crippen LogP contribution in [0.2, 0.25) is 0 Å². The van der Waals surface area contributed by atoms with E-state index < -0.39 is 0 Å². The molecule has 0 atom stereocenters. The van der Waals surface area contributed by atoms with Crippen LogP contribution in [0, 0.1) is 6.92 Å². The van der Waals surface area contributed by atoms with Gasteiger partial charge in [0.1, 0.15) is 10.7 Å². The first kappa shape index (κ1) is 16.3. The monoisotopic (exact) mass is 341 g/mol. The number of nitrogens with one attached hydrogen (secondary N) is 1. The topological polar surface area (TPSA) is 72.7 Å². The van der Waals surface area contributed by atoms with Crippen LogP contribution in [0.4, 0.5) is 4.79 Å². The van der Waals surface area contributed by atoms with E-state index in [1.54, 1.807) is 29.9 Å². The Hall–Kier alpha value is -2.54. The molecule has 3 aromatic rings. The molecule has 7 heteroatoms. The van der Waals surface area contributed by atoms with Gasteiger partial charge in [0.05, 0.1) is 10.6 Å². The molecule has 24 heavy (non-hydrogen) atoms. The fourth-order valence-corrected chi connectivity index (χ4v) is 3.20. The van der Waals surface area contributed by atoms with E-state index in [1.165, 1.54) is 4.68 Å².